The Hall–Kier alpha value is -2.10. The maximum absolute atomic E-state index is 12.7. The second-order valence-corrected chi connectivity index (χ2v) is 7.81. The number of carbonyl (C=O) groups excluding carboxylic acids is 1. The molecule has 5 nitrogen and oxygen atoms in total. The largest absolute Gasteiger partial charge is 0.426 e. The Bertz CT molecular complexity index is 943. The average molecular weight is 408 g/mol. The summed E-state index contributed by atoms with van der Waals surface area (Å²) >= 11 is 5.89. The van der Waals surface area contributed by atoms with Gasteiger partial charge in [0.05, 0.1) is 14.8 Å². The molecule has 2 aromatic rings. The maximum atomic E-state index is 12.7. The Morgan fingerprint density at radius 1 is 1.12 bits per heavy atom. The minimum absolute atomic E-state index is 0.0260. The summed E-state index contributed by atoms with van der Waals surface area (Å²) in [5.41, 5.74) is -3.86. The number of amides is 1. The van der Waals surface area contributed by atoms with Crippen molar-refractivity contribution >= 4 is 33.0 Å². The van der Waals surface area contributed by atoms with Crippen molar-refractivity contribution < 1.29 is 31.5 Å². The van der Waals surface area contributed by atoms with Crippen LogP contribution in [-0.4, -0.2) is 31.2 Å². The number of carbonyl (C=O) groups is 1. The molecule has 0 aliphatic carbocycles. The zero-order valence-electron chi connectivity index (χ0n) is 13.2. The van der Waals surface area contributed by atoms with Crippen LogP contribution in [0.4, 0.5) is 18.9 Å². The average Bonchev–Trinajstić information content (AvgIpc) is 2.54. The number of sulfone groups is 1. The Morgan fingerprint density at radius 3 is 2.31 bits per heavy atom. The minimum atomic E-state index is -5.20. The molecule has 2 aromatic carbocycles. The summed E-state index contributed by atoms with van der Waals surface area (Å²) in [6, 6.07) is 10.3. The van der Waals surface area contributed by atoms with Gasteiger partial charge in [-0.1, -0.05) is 29.8 Å². The summed E-state index contributed by atoms with van der Waals surface area (Å²) < 4.78 is 63.3. The SMILES string of the molecule is CC(O)(C(=O)Nc1cccc(S(=O)(=O)c2ccccc2Cl)c1)C(F)(F)F. The lowest BCUT2D eigenvalue weighted by Crippen LogP contribution is -2.52. The Morgan fingerprint density at radius 2 is 1.73 bits per heavy atom. The number of hydrogen-bond donors (Lipinski definition) is 2. The molecule has 1 atom stereocenters. The zero-order chi connectivity index (χ0) is 19.8. The van der Waals surface area contributed by atoms with E-state index in [1.54, 1.807) is 0 Å². The van der Waals surface area contributed by atoms with E-state index in [9.17, 15) is 31.5 Å². The number of aliphatic hydroxyl groups is 1. The molecule has 0 aromatic heterocycles. The van der Waals surface area contributed by atoms with E-state index in [0.29, 0.717) is 6.92 Å². The minimum Gasteiger partial charge on any atom is -0.373 e. The van der Waals surface area contributed by atoms with E-state index in [1.165, 1.54) is 42.5 Å². The van der Waals surface area contributed by atoms with Crippen LogP contribution in [0, 0.1) is 0 Å². The fraction of sp³-hybridized carbons (Fsp3) is 0.188. The molecule has 0 bridgehead atoms. The number of benzene rings is 2. The molecule has 1 unspecified atom stereocenters. The van der Waals surface area contributed by atoms with Crippen molar-refractivity contribution in [3.8, 4) is 0 Å². The number of anilines is 1. The number of alkyl halides is 3. The van der Waals surface area contributed by atoms with Crippen molar-refractivity contribution in [3.05, 3.63) is 53.6 Å². The Balaban J connectivity index is 2.38. The molecule has 2 rings (SSSR count). The second kappa shape index (κ2) is 6.90. The topological polar surface area (TPSA) is 83.5 Å². The maximum Gasteiger partial charge on any atom is 0.426 e. The van der Waals surface area contributed by atoms with Crippen LogP contribution in [0.1, 0.15) is 6.92 Å². The van der Waals surface area contributed by atoms with Crippen LogP contribution >= 0.6 is 11.6 Å². The summed E-state index contributed by atoms with van der Waals surface area (Å²) in [6.07, 6.45) is -5.20. The molecule has 0 saturated heterocycles. The molecule has 0 aliphatic heterocycles. The Labute approximate surface area is 152 Å². The molecule has 2 N–H and O–H groups in total. The van der Waals surface area contributed by atoms with Crippen molar-refractivity contribution in [1.29, 1.82) is 0 Å². The van der Waals surface area contributed by atoms with E-state index in [4.69, 9.17) is 11.6 Å². The molecule has 0 aliphatic rings. The molecule has 0 radical (unpaired) electrons. The lowest BCUT2D eigenvalue weighted by atomic mass is 10.1. The van der Waals surface area contributed by atoms with E-state index in [0.717, 1.165) is 6.07 Å². The van der Waals surface area contributed by atoms with Gasteiger partial charge in [-0.3, -0.25) is 4.79 Å². The summed E-state index contributed by atoms with van der Waals surface area (Å²) in [4.78, 5) is 11.2. The highest BCUT2D eigenvalue weighted by molar-refractivity contribution is 7.91. The van der Waals surface area contributed by atoms with Gasteiger partial charge in [-0.05, 0) is 37.3 Å². The van der Waals surface area contributed by atoms with Crippen molar-refractivity contribution in [3.63, 3.8) is 0 Å². The second-order valence-electron chi connectivity index (χ2n) is 5.49. The molecular formula is C16H13ClF3NO4S. The molecule has 1 amide bonds. The first-order chi connectivity index (χ1) is 11.9. The van der Waals surface area contributed by atoms with E-state index in [1.807, 2.05) is 5.32 Å². The molecular weight excluding hydrogens is 395 g/mol. The smallest absolute Gasteiger partial charge is 0.373 e. The van der Waals surface area contributed by atoms with Gasteiger partial charge < -0.3 is 10.4 Å². The number of nitrogens with one attached hydrogen (secondary N) is 1. The summed E-state index contributed by atoms with van der Waals surface area (Å²) in [5, 5.41) is 11.2. The standard InChI is InChI=1S/C16H13ClF3NO4S/c1-15(23,16(18,19)20)14(22)21-10-5-4-6-11(9-10)26(24,25)13-8-3-2-7-12(13)17/h2-9,23H,1H3,(H,21,22). The van der Waals surface area contributed by atoms with E-state index < -0.39 is 27.5 Å². The van der Waals surface area contributed by atoms with Crippen LogP contribution in [0.3, 0.4) is 0 Å². The van der Waals surface area contributed by atoms with E-state index >= 15 is 0 Å². The lowest BCUT2D eigenvalue weighted by molar-refractivity contribution is -0.242. The Kier molecular flexibility index (Phi) is 5.36. The van der Waals surface area contributed by atoms with Crippen molar-refractivity contribution in [2.75, 3.05) is 5.32 Å². The van der Waals surface area contributed by atoms with Crippen LogP contribution in [0.5, 0.6) is 0 Å². The highest BCUT2D eigenvalue weighted by atomic mass is 35.5. The van der Waals surface area contributed by atoms with E-state index in [-0.39, 0.29) is 20.5 Å². The zero-order valence-corrected chi connectivity index (χ0v) is 14.8. The fourth-order valence-electron chi connectivity index (χ4n) is 1.91. The van der Waals surface area contributed by atoms with Crippen molar-refractivity contribution in [1.82, 2.24) is 0 Å². The molecule has 10 heteroatoms. The normalized spacial score (nSPS) is 14.5. The lowest BCUT2D eigenvalue weighted by Gasteiger charge is -2.24. The molecule has 0 spiro atoms. The van der Waals surface area contributed by atoms with E-state index in [2.05, 4.69) is 0 Å². The van der Waals surface area contributed by atoms with Crippen LogP contribution in [0.2, 0.25) is 5.02 Å². The van der Waals surface area contributed by atoms with Crippen molar-refractivity contribution in [2.45, 2.75) is 28.5 Å². The van der Waals surface area contributed by atoms with Gasteiger partial charge in [0.25, 0.3) is 5.91 Å². The first kappa shape index (κ1) is 20.2. The summed E-state index contributed by atoms with van der Waals surface area (Å²) in [7, 11) is -4.06. The fourth-order valence-corrected chi connectivity index (χ4v) is 3.73. The molecule has 0 heterocycles. The van der Waals surface area contributed by atoms with Gasteiger partial charge in [0.15, 0.2) is 0 Å². The molecule has 0 saturated carbocycles. The van der Waals surface area contributed by atoms with Crippen LogP contribution in [0.15, 0.2) is 58.3 Å². The first-order valence-corrected chi connectivity index (χ1v) is 8.94. The first-order valence-electron chi connectivity index (χ1n) is 7.07. The number of rotatable bonds is 4. The van der Waals surface area contributed by atoms with Gasteiger partial charge in [-0.2, -0.15) is 13.2 Å². The third-order valence-corrected chi connectivity index (χ3v) is 5.77. The predicted molar refractivity (Wildman–Crippen MR) is 88.7 cm³/mol. The summed E-state index contributed by atoms with van der Waals surface area (Å²) in [6.45, 7) is 0.298. The predicted octanol–water partition coefficient (Wildman–Crippen LogP) is 3.42. The van der Waals surface area contributed by atoms with Gasteiger partial charge in [0.1, 0.15) is 0 Å². The van der Waals surface area contributed by atoms with Crippen LogP contribution < -0.4 is 5.32 Å². The monoisotopic (exact) mass is 407 g/mol. The van der Waals surface area contributed by atoms with Gasteiger partial charge in [0, 0.05) is 5.69 Å². The summed E-state index contributed by atoms with van der Waals surface area (Å²) in [5.74, 6) is -1.74. The molecule has 26 heavy (non-hydrogen) atoms. The van der Waals surface area contributed by atoms with Gasteiger partial charge in [0.2, 0.25) is 15.4 Å². The highest BCUT2D eigenvalue weighted by Crippen LogP contribution is 2.32. The number of halogens is 4. The highest BCUT2D eigenvalue weighted by Gasteiger charge is 2.55. The van der Waals surface area contributed by atoms with Crippen LogP contribution in [0.25, 0.3) is 0 Å². The third kappa shape index (κ3) is 3.84. The van der Waals surface area contributed by atoms with Gasteiger partial charge in [-0.25, -0.2) is 8.42 Å². The molecule has 140 valence electrons. The quantitative estimate of drug-likeness (QED) is 0.813. The van der Waals surface area contributed by atoms with Crippen LogP contribution in [-0.2, 0) is 14.6 Å². The van der Waals surface area contributed by atoms with Gasteiger partial charge >= 0.3 is 6.18 Å². The number of hydrogen-bond acceptors (Lipinski definition) is 4. The van der Waals surface area contributed by atoms with Gasteiger partial charge in [-0.15, -0.1) is 0 Å². The third-order valence-electron chi connectivity index (χ3n) is 3.52. The van der Waals surface area contributed by atoms with Crippen molar-refractivity contribution in [2.24, 2.45) is 0 Å². The molecule has 0 fully saturated rings.